The molecule has 2 aliphatic heterocycles. The Balaban J connectivity index is 1.11. The average molecular weight is 682 g/mol. The number of anilines is 1. The van der Waals surface area contributed by atoms with Gasteiger partial charge >= 0.3 is 6.18 Å². The number of carbonyl (C=O) groups excluding carboxylic acids is 2. The second kappa shape index (κ2) is 11.6. The Labute approximate surface area is 281 Å². The highest BCUT2D eigenvalue weighted by Gasteiger charge is 2.55. The maximum Gasteiger partial charge on any atom is 0.419 e. The predicted molar refractivity (Wildman–Crippen MR) is 171 cm³/mol. The number of fused-ring (bicyclic) bond motifs is 4. The number of ether oxygens (including phenoxy) is 1. The average Bonchev–Trinajstić information content (AvgIpc) is 3.31. The van der Waals surface area contributed by atoms with Gasteiger partial charge in [-0.1, -0.05) is 16.8 Å². The number of oxime groups is 1. The van der Waals surface area contributed by atoms with Crippen molar-refractivity contribution in [2.45, 2.75) is 82.7 Å². The minimum Gasteiger partial charge on any atom is -0.486 e. The predicted octanol–water partition coefficient (Wildman–Crippen LogP) is 6.41. The van der Waals surface area contributed by atoms with E-state index in [1.165, 1.54) is 0 Å². The molecule has 2 amide bonds. The molecule has 2 aromatic rings. The quantitative estimate of drug-likeness (QED) is 0.231. The fourth-order valence-electron chi connectivity index (χ4n) is 8.98. The number of nitrogens with one attached hydrogen (secondary N) is 2. The van der Waals surface area contributed by atoms with Gasteiger partial charge in [-0.25, -0.2) is 4.39 Å². The van der Waals surface area contributed by atoms with Gasteiger partial charge in [0.25, 0.3) is 5.91 Å². The molecule has 3 N–H and O–H groups in total. The molecule has 2 bridgehead atoms. The number of alkyl halides is 3. The third-order valence-electron chi connectivity index (χ3n) is 11.3. The molecule has 49 heavy (non-hydrogen) atoms. The molecule has 4 saturated carbocycles. The molecule has 2 heterocycles. The van der Waals surface area contributed by atoms with E-state index >= 15 is 0 Å². The van der Waals surface area contributed by atoms with E-state index in [1.54, 1.807) is 6.07 Å². The summed E-state index contributed by atoms with van der Waals surface area (Å²) in [5.41, 5.74) is 1.64. The number of amides is 2. The van der Waals surface area contributed by atoms with Gasteiger partial charge in [0, 0.05) is 42.2 Å². The smallest absolute Gasteiger partial charge is 0.419 e. The van der Waals surface area contributed by atoms with Gasteiger partial charge in [0.05, 0.1) is 22.8 Å². The molecule has 6 aliphatic rings. The lowest BCUT2D eigenvalue weighted by Gasteiger charge is -2.30. The first kappa shape index (κ1) is 32.3. The van der Waals surface area contributed by atoms with Crippen LogP contribution in [0.1, 0.15) is 79.4 Å². The standard InChI is InChI=1S/C37H39F4N3O5/c1-36(2)15-20-12-19(31-25-10-18(16-45)11-29(25)49-44-31)13-26(33(20)48-36)34(46)43-32-23-7-6-22(24(23)9-17-3-4-17)30(32)35(47)42-21-5-8-28(38)27(14-21)37(39,40)41/h5,8-9,12-14,17-18,22-23,25,29-30,32,45H,3-4,6-7,10-11,15-16H2,1-2H3,(H,42,47)(H,43,46)/b24-9-/t18?,22-,23+,25?,29?,30-,32+/m0/s1. The van der Waals surface area contributed by atoms with E-state index in [1.807, 2.05) is 19.9 Å². The lowest BCUT2D eigenvalue weighted by molar-refractivity contribution is -0.140. The van der Waals surface area contributed by atoms with Crippen molar-refractivity contribution in [3.05, 3.63) is 70.1 Å². The van der Waals surface area contributed by atoms with Crippen LogP contribution < -0.4 is 15.4 Å². The van der Waals surface area contributed by atoms with Gasteiger partial charge in [0.2, 0.25) is 5.91 Å². The zero-order valence-electron chi connectivity index (χ0n) is 27.3. The molecule has 4 fully saturated rings. The molecule has 0 radical (unpaired) electrons. The fourth-order valence-corrected chi connectivity index (χ4v) is 8.98. The summed E-state index contributed by atoms with van der Waals surface area (Å²) in [6, 6.07) is 5.58. The van der Waals surface area contributed by atoms with Gasteiger partial charge < -0.3 is 25.3 Å². The minimum atomic E-state index is -4.92. The Bertz CT molecular complexity index is 1780. The number of aliphatic hydroxyl groups excluding tert-OH is 1. The first-order valence-corrected chi connectivity index (χ1v) is 17.2. The Morgan fingerprint density at radius 1 is 1.06 bits per heavy atom. The van der Waals surface area contributed by atoms with Crippen LogP contribution in [0.5, 0.6) is 5.75 Å². The summed E-state index contributed by atoms with van der Waals surface area (Å²) in [4.78, 5) is 34.1. The van der Waals surface area contributed by atoms with Crippen molar-refractivity contribution in [1.29, 1.82) is 0 Å². The maximum absolute atomic E-state index is 14.4. The Kier molecular flexibility index (Phi) is 7.62. The second-order valence-corrected chi connectivity index (χ2v) is 15.3. The zero-order valence-corrected chi connectivity index (χ0v) is 27.3. The van der Waals surface area contributed by atoms with Crippen molar-refractivity contribution in [3.63, 3.8) is 0 Å². The number of nitrogens with zero attached hydrogens (tertiary/aromatic N) is 1. The van der Waals surface area contributed by atoms with Crippen LogP contribution in [0.3, 0.4) is 0 Å². The van der Waals surface area contributed by atoms with Crippen molar-refractivity contribution < 1.29 is 41.8 Å². The second-order valence-electron chi connectivity index (χ2n) is 15.3. The van der Waals surface area contributed by atoms with Crippen molar-refractivity contribution in [1.82, 2.24) is 5.32 Å². The lowest BCUT2D eigenvalue weighted by Crippen LogP contribution is -2.48. The molecule has 0 spiro atoms. The number of rotatable bonds is 7. The highest BCUT2D eigenvalue weighted by molar-refractivity contribution is 6.07. The number of carbonyl (C=O) groups is 2. The van der Waals surface area contributed by atoms with Crippen LogP contribution >= 0.6 is 0 Å². The third-order valence-corrected chi connectivity index (χ3v) is 11.3. The van der Waals surface area contributed by atoms with Crippen LogP contribution in [-0.4, -0.2) is 47.0 Å². The number of hydrogen-bond donors (Lipinski definition) is 3. The van der Waals surface area contributed by atoms with Crippen LogP contribution in [0.4, 0.5) is 23.2 Å². The molecule has 3 unspecified atom stereocenters. The van der Waals surface area contributed by atoms with Crippen LogP contribution in [0.15, 0.2) is 47.1 Å². The normalized spacial score (nSPS) is 31.6. The van der Waals surface area contributed by atoms with E-state index in [0.29, 0.717) is 42.2 Å². The molecule has 4 aliphatic carbocycles. The summed E-state index contributed by atoms with van der Waals surface area (Å²) in [6.45, 7) is 3.98. The van der Waals surface area contributed by atoms with Crippen molar-refractivity contribution in [3.8, 4) is 5.75 Å². The van der Waals surface area contributed by atoms with Crippen molar-refractivity contribution >= 4 is 23.2 Å². The zero-order chi connectivity index (χ0) is 34.4. The van der Waals surface area contributed by atoms with E-state index in [4.69, 9.17) is 9.57 Å². The molecule has 8 nitrogen and oxygen atoms in total. The molecule has 12 heteroatoms. The van der Waals surface area contributed by atoms with E-state index in [0.717, 1.165) is 60.6 Å². The summed E-state index contributed by atoms with van der Waals surface area (Å²) in [7, 11) is 0. The topological polar surface area (TPSA) is 109 Å². The van der Waals surface area contributed by atoms with E-state index in [9.17, 15) is 32.3 Å². The molecule has 8 rings (SSSR count). The fraction of sp³-hybridized carbons (Fsp3) is 0.541. The Morgan fingerprint density at radius 2 is 1.84 bits per heavy atom. The van der Waals surface area contributed by atoms with Gasteiger partial charge in [0.1, 0.15) is 23.3 Å². The Hall–Kier alpha value is -3.93. The summed E-state index contributed by atoms with van der Waals surface area (Å²) >= 11 is 0. The van der Waals surface area contributed by atoms with E-state index < -0.39 is 46.9 Å². The van der Waals surface area contributed by atoms with Gasteiger partial charge in [-0.15, -0.1) is 0 Å². The van der Waals surface area contributed by atoms with E-state index in [-0.39, 0.29) is 42.1 Å². The molecular weight excluding hydrogens is 642 g/mol. The largest absolute Gasteiger partial charge is 0.486 e. The highest BCUT2D eigenvalue weighted by atomic mass is 19.4. The minimum absolute atomic E-state index is 0.000437. The van der Waals surface area contributed by atoms with Crippen LogP contribution in [-0.2, 0) is 22.2 Å². The van der Waals surface area contributed by atoms with Gasteiger partial charge in [-0.3, -0.25) is 9.59 Å². The van der Waals surface area contributed by atoms with Gasteiger partial charge in [-0.05, 0) is 106 Å². The molecular formula is C37H39F4N3O5. The summed E-state index contributed by atoms with van der Waals surface area (Å²) in [6.07, 6.45) is 2.83. The van der Waals surface area contributed by atoms with Crippen LogP contribution in [0.2, 0.25) is 0 Å². The van der Waals surface area contributed by atoms with Gasteiger partial charge in [0.15, 0.2) is 0 Å². The number of hydrogen-bond acceptors (Lipinski definition) is 6. The first-order valence-electron chi connectivity index (χ1n) is 17.2. The summed E-state index contributed by atoms with van der Waals surface area (Å²) in [5, 5.41) is 20.0. The number of aliphatic hydroxyl groups is 1. The SMILES string of the molecule is CC1(C)Cc2cc(C3=NOC4CC(CO)CC34)cc(C(=O)N[C@H]3[C@@H](C(=O)Nc4ccc(F)c(C(F)(F)F)c4)[C@H]4CC[C@@H]3/C4=C\C3CC3)c2O1. The van der Waals surface area contributed by atoms with Crippen LogP contribution in [0, 0.1) is 41.3 Å². The first-order chi connectivity index (χ1) is 23.3. The Morgan fingerprint density at radius 3 is 2.57 bits per heavy atom. The van der Waals surface area contributed by atoms with E-state index in [2.05, 4.69) is 21.9 Å². The molecule has 0 aromatic heterocycles. The van der Waals surface area contributed by atoms with Crippen molar-refractivity contribution in [2.24, 2.45) is 40.7 Å². The number of allylic oxidation sites excluding steroid dienone is 1. The molecule has 0 saturated heterocycles. The van der Waals surface area contributed by atoms with Crippen LogP contribution in [0.25, 0.3) is 0 Å². The third kappa shape index (κ3) is 5.79. The summed E-state index contributed by atoms with van der Waals surface area (Å²) < 4.78 is 60.7. The monoisotopic (exact) mass is 681 g/mol. The number of halogens is 4. The number of benzene rings is 2. The summed E-state index contributed by atoms with van der Waals surface area (Å²) in [5.74, 6) is -2.32. The molecule has 2 aromatic carbocycles. The molecule has 7 atom stereocenters. The molecule has 260 valence electrons. The van der Waals surface area contributed by atoms with Crippen molar-refractivity contribution in [2.75, 3.05) is 11.9 Å². The van der Waals surface area contributed by atoms with Gasteiger partial charge in [-0.2, -0.15) is 13.2 Å². The lowest BCUT2D eigenvalue weighted by atomic mass is 9.83. The maximum atomic E-state index is 14.4. The highest BCUT2D eigenvalue weighted by Crippen LogP contribution is 2.55.